The number of aryl methyl sites for hydroxylation is 1. The highest BCUT2D eigenvalue weighted by atomic mass is 32.1. The first kappa shape index (κ1) is 14.2. The molecule has 1 aromatic heterocycles. The summed E-state index contributed by atoms with van der Waals surface area (Å²) < 4.78 is 5.00. The Bertz CT molecular complexity index is 493. The molecule has 0 saturated heterocycles. The van der Waals surface area contributed by atoms with E-state index in [1.165, 1.54) is 11.1 Å². The van der Waals surface area contributed by atoms with Crippen molar-refractivity contribution >= 4 is 11.3 Å². The highest BCUT2D eigenvalue weighted by Crippen LogP contribution is 2.24. The van der Waals surface area contributed by atoms with Gasteiger partial charge >= 0.3 is 0 Å². The van der Waals surface area contributed by atoms with Crippen molar-refractivity contribution < 1.29 is 4.74 Å². The van der Waals surface area contributed by atoms with Gasteiger partial charge in [0, 0.05) is 31.1 Å². The molecule has 0 unspecified atom stereocenters. The second kappa shape index (κ2) is 7.38. The molecule has 1 aromatic carbocycles. The molecule has 0 aliphatic carbocycles. The summed E-state index contributed by atoms with van der Waals surface area (Å²) in [5.74, 6) is 0. The molecule has 0 amide bonds. The van der Waals surface area contributed by atoms with E-state index in [0.29, 0.717) is 0 Å². The fourth-order valence-electron chi connectivity index (χ4n) is 1.79. The first-order chi connectivity index (χ1) is 9.33. The molecule has 1 heterocycles. The van der Waals surface area contributed by atoms with Crippen LogP contribution in [0.5, 0.6) is 0 Å². The van der Waals surface area contributed by atoms with Crippen molar-refractivity contribution in [1.29, 1.82) is 0 Å². The summed E-state index contributed by atoms with van der Waals surface area (Å²) in [5.41, 5.74) is 3.66. The Morgan fingerprint density at radius 3 is 2.74 bits per heavy atom. The van der Waals surface area contributed by atoms with E-state index in [9.17, 15) is 0 Å². The van der Waals surface area contributed by atoms with Crippen molar-refractivity contribution in [3.63, 3.8) is 0 Å². The molecule has 19 heavy (non-hydrogen) atoms. The maximum Gasteiger partial charge on any atom is 0.123 e. The van der Waals surface area contributed by atoms with Crippen molar-refractivity contribution in [1.82, 2.24) is 10.3 Å². The van der Waals surface area contributed by atoms with E-state index in [1.54, 1.807) is 18.4 Å². The van der Waals surface area contributed by atoms with Crippen molar-refractivity contribution in [3.8, 4) is 10.6 Å². The average molecular weight is 276 g/mol. The third kappa shape index (κ3) is 4.13. The van der Waals surface area contributed by atoms with E-state index in [2.05, 4.69) is 46.9 Å². The Balaban J connectivity index is 1.95. The molecule has 0 fully saturated rings. The van der Waals surface area contributed by atoms with Crippen LogP contribution in [0.4, 0.5) is 0 Å². The molecule has 0 aliphatic rings. The van der Waals surface area contributed by atoms with Gasteiger partial charge in [-0.3, -0.25) is 0 Å². The number of aromatic nitrogens is 1. The van der Waals surface area contributed by atoms with Crippen LogP contribution in [0.15, 0.2) is 29.6 Å². The van der Waals surface area contributed by atoms with Crippen LogP contribution in [0.25, 0.3) is 10.6 Å². The number of benzene rings is 1. The normalized spacial score (nSPS) is 10.8. The summed E-state index contributed by atoms with van der Waals surface area (Å²) >= 11 is 1.70. The average Bonchev–Trinajstić information content (AvgIpc) is 2.92. The first-order valence-electron chi connectivity index (χ1n) is 6.57. The zero-order valence-corrected chi connectivity index (χ0v) is 12.3. The molecule has 0 aliphatic heterocycles. The number of hydrogen-bond acceptors (Lipinski definition) is 4. The van der Waals surface area contributed by atoms with Gasteiger partial charge in [-0.25, -0.2) is 4.98 Å². The number of rotatable bonds is 7. The van der Waals surface area contributed by atoms with E-state index < -0.39 is 0 Å². The van der Waals surface area contributed by atoms with Crippen LogP contribution in [0, 0.1) is 0 Å². The van der Waals surface area contributed by atoms with Crippen LogP contribution in [0.2, 0.25) is 0 Å². The number of hydrogen-bond donors (Lipinski definition) is 1. The molecular weight excluding hydrogens is 256 g/mol. The maximum atomic E-state index is 5.00. The van der Waals surface area contributed by atoms with Gasteiger partial charge in [-0.05, 0) is 12.0 Å². The van der Waals surface area contributed by atoms with Crippen LogP contribution >= 0.6 is 11.3 Å². The van der Waals surface area contributed by atoms with E-state index in [-0.39, 0.29) is 0 Å². The van der Waals surface area contributed by atoms with Crippen LogP contribution in [-0.2, 0) is 17.7 Å². The van der Waals surface area contributed by atoms with E-state index in [1.807, 2.05) is 0 Å². The van der Waals surface area contributed by atoms with Crippen LogP contribution < -0.4 is 5.32 Å². The lowest BCUT2D eigenvalue weighted by molar-refractivity contribution is 0.199. The monoisotopic (exact) mass is 276 g/mol. The topological polar surface area (TPSA) is 34.2 Å². The molecule has 0 saturated carbocycles. The van der Waals surface area contributed by atoms with Gasteiger partial charge in [0.15, 0.2) is 0 Å². The maximum absolute atomic E-state index is 5.00. The minimum atomic E-state index is 0.732. The third-order valence-electron chi connectivity index (χ3n) is 2.95. The number of ether oxygens (including phenoxy) is 1. The van der Waals surface area contributed by atoms with Crippen LogP contribution in [0.1, 0.15) is 18.2 Å². The van der Waals surface area contributed by atoms with Gasteiger partial charge in [-0.15, -0.1) is 11.3 Å². The summed E-state index contributed by atoms with van der Waals surface area (Å²) in [5, 5.41) is 6.51. The van der Waals surface area contributed by atoms with Gasteiger partial charge in [-0.2, -0.15) is 0 Å². The Morgan fingerprint density at radius 1 is 1.26 bits per heavy atom. The van der Waals surface area contributed by atoms with Crippen molar-refractivity contribution in [3.05, 3.63) is 40.9 Å². The summed E-state index contributed by atoms with van der Waals surface area (Å²) in [4.78, 5) is 4.65. The fraction of sp³-hybridized carbons (Fsp3) is 0.400. The minimum Gasteiger partial charge on any atom is -0.383 e. The summed E-state index contributed by atoms with van der Waals surface area (Å²) in [6.45, 7) is 4.55. The number of methoxy groups -OCH3 is 1. The standard InChI is InChI=1S/C15H20N2OS/c1-3-12-4-6-13(7-5-12)15-17-14(11-19-15)10-16-8-9-18-2/h4-7,11,16H,3,8-10H2,1-2H3. The second-order valence-electron chi connectivity index (χ2n) is 4.36. The molecule has 0 radical (unpaired) electrons. The molecule has 0 atom stereocenters. The van der Waals surface area contributed by atoms with Crippen LogP contribution in [-0.4, -0.2) is 25.2 Å². The lowest BCUT2D eigenvalue weighted by atomic mass is 10.1. The number of nitrogens with one attached hydrogen (secondary N) is 1. The van der Waals surface area contributed by atoms with Gasteiger partial charge in [0.2, 0.25) is 0 Å². The molecule has 4 heteroatoms. The predicted octanol–water partition coefficient (Wildman–Crippen LogP) is 3.11. The SMILES string of the molecule is CCc1ccc(-c2nc(CNCCOC)cs2)cc1. The zero-order valence-electron chi connectivity index (χ0n) is 11.5. The van der Waals surface area contributed by atoms with Crippen molar-refractivity contribution in [2.24, 2.45) is 0 Å². The summed E-state index contributed by atoms with van der Waals surface area (Å²) in [7, 11) is 1.71. The molecular formula is C15H20N2OS. The van der Waals surface area contributed by atoms with Crippen molar-refractivity contribution in [2.45, 2.75) is 19.9 Å². The summed E-state index contributed by atoms with van der Waals surface area (Å²) in [6.07, 6.45) is 1.08. The number of nitrogens with zero attached hydrogens (tertiary/aromatic N) is 1. The van der Waals surface area contributed by atoms with E-state index >= 15 is 0 Å². The smallest absolute Gasteiger partial charge is 0.123 e. The highest BCUT2D eigenvalue weighted by molar-refractivity contribution is 7.13. The van der Waals surface area contributed by atoms with Crippen molar-refractivity contribution in [2.75, 3.05) is 20.3 Å². The molecule has 102 valence electrons. The molecule has 0 bridgehead atoms. The van der Waals surface area contributed by atoms with E-state index in [0.717, 1.165) is 36.8 Å². The first-order valence-corrected chi connectivity index (χ1v) is 7.44. The fourth-order valence-corrected chi connectivity index (χ4v) is 2.62. The van der Waals surface area contributed by atoms with Gasteiger partial charge < -0.3 is 10.1 Å². The Morgan fingerprint density at radius 2 is 2.05 bits per heavy atom. The van der Waals surface area contributed by atoms with Crippen LogP contribution in [0.3, 0.4) is 0 Å². The Labute approximate surface area is 118 Å². The minimum absolute atomic E-state index is 0.732. The van der Waals surface area contributed by atoms with Gasteiger partial charge in [0.1, 0.15) is 5.01 Å². The highest BCUT2D eigenvalue weighted by Gasteiger charge is 2.04. The lowest BCUT2D eigenvalue weighted by Gasteiger charge is -2.01. The number of thiazole rings is 1. The van der Waals surface area contributed by atoms with Gasteiger partial charge in [0.25, 0.3) is 0 Å². The largest absolute Gasteiger partial charge is 0.383 e. The molecule has 3 nitrogen and oxygen atoms in total. The van der Waals surface area contributed by atoms with Gasteiger partial charge in [0.05, 0.1) is 12.3 Å². The molecule has 2 rings (SSSR count). The zero-order chi connectivity index (χ0) is 13.5. The Hall–Kier alpha value is -1.23. The van der Waals surface area contributed by atoms with E-state index in [4.69, 9.17) is 4.74 Å². The second-order valence-corrected chi connectivity index (χ2v) is 5.22. The Kier molecular flexibility index (Phi) is 5.51. The molecule has 0 spiro atoms. The summed E-state index contributed by atoms with van der Waals surface area (Å²) in [6, 6.07) is 8.65. The molecule has 1 N–H and O–H groups in total. The quantitative estimate of drug-likeness (QED) is 0.789. The predicted molar refractivity (Wildman–Crippen MR) is 80.5 cm³/mol. The van der Waals surface area contributed by atoms with Gasteiger partial charge in [-0.1, -0.05) is 31.2 Å². The lowest BCUT2D eigenvalue weighted by Crippen LogP contribution is -2.18. The third-order valence-corrected chi connectivity index (χ3v) is 3.89. The molecule has 2 aromatic rings.